The molecule has 3 atom stereocenters. The van der Waals surface area contributed by atoms with Crippen LogP contribution in [0.4, 0.5) is 0 Å². The van der Waals surface area contributed by atoms with Crippen LogP contribution in [0, 0.1) is 23.2 Å². The summed E-state index contributed by atoms with van der Waals surface area (Å²) in [6.07, 6.45) is 6.89. The number of hydrogen-bond donors (Lipinski definition) is 3. The predicted molar refractivity (Wildman–Crippen MR) is 73.6 cm³/mol. The third kappa shape index (κ3) is 2.65. The highest BCUT2D eigenvalue weighted by molar-refractivity contribution is 5.82. The summed E-state index contributed by atoms with van der Waals surface area (Å²) in [6, 6.07) is 0. The van der Waals surface area contributed by atoms with Gasteiger partial charge in [0.2, 0.25) is 5.91 Å². The number of hydrogen-bond acceptors (Lipinski definition) is 3. The van der Waals surface area contributed by atoms with Crippen molar-refractivity contribution in [3.63, 3.8) is 0 Å². The molecule has 2 saturated carbocycles. The zero-order valence-electron chi connectivity index (χ0n) is 11.7. The van der Waals surface area contributed by atoms with Gasteiger partial charge in [0.25, 0.3) is 0 Å². The van der Waals surface area contributed by atoms with Crippen molar-refractivity contribution in [1.29, 1.82) is 0 Å². The molecule has 3 unspecified atom stereocenters. The molecule has 0 radical (unpaired) electrons. The van der Waals surface area contributed by atoms with Crippen LogP contribution < -0.4 is 10.6 Å². The van der Waals surface area contributed by atoms with Gasteiger partial charge in [-0.3, -0.25) is 4.79 Å². The molecular formula is C15H26N2O2. The summed E-state index contributed by atoms with van der Waals surface area (Å²) in [7, 11) is 0. The molecular weight excluding hydrogens is 240 g/mol. The van der Waals surface area contributed by atoms with E-state index in [1.165, 1.54) is 6.42 Å². The predicted octanol–water partition coefficient (Wildman–Crippen LogP) is 0.901. The lowest BCUT2D eigenvalue weighted by atomic mass is 9.91. The lowest BCUT2D eigenvalue weighted by Crippen LogP contribution is -2.36. The van der Waals surface area contributed by atoms with Gasteiger partial charge in [-0.2, -0.15) is 0 Å². The number of amides is 1. The van der Waals surface area contributed by atoms with E-state index in [0.29, 0.717) is 17.3 Å². The van der Waals surface area contributed by atoms with E-state index in [2.05, 4.69) is 10.6 Å². The number of nitrogens with one attached hydrogen (secondary N) is 2. The highest BCUT2D eigenvalue weighted by atomic mass is 16.3. The van der Waals surface area contributed by atoms with Crippen LogP contribution in [-0.4, -0.2) is 37.3 Å². The molecule has 0 bridgehead atoms. The highest BCUT2D eigenvalue weighted by Crippen LogP contribution is 2.58. The number of aliphatic hydroxyl groups is 1. The Morgan fingerprint density at radius 2 is 2.00 bits per heavy atom. The molecule has 3 N–H and O–H groups in total. The fourth-order valence-electron chi connectivity index (χ4n) is 4.17. The van der Waals surface area contributed by atoms with E-state index in [1.54, 1.807) is 0 Å². The first-order valence-corrected chi connectivity index (χ1v) is 7.84. The molecule has 0 aromatic carbocycles. The fraction of sp³-hybridized carbons (Fsp3) is 0.933. The quantitative estimate of drug-likeness (QED) is 0.708. The Morgan fingerprint density at radius 3 is 2.74 bits per heavy atom. The first kappa shape index (κ1) is 13.4. The minimum atomic E-state index is 0.267. The van der Waals surface area contributed by atoms with Crippen molar-refractivity contribution in [3.8, 4) is 0 Å². The number of piperidine rings is 1. The zero-order valence-corrected chi connectivity index (χ0v) is 11.7. The Kier molecular flexibility index (Phi) is 3.81. The van der Waals surface area contributed by atoms with Crippen molar-refractivity contribution in [2.24, 2.45) is 23.2 Å². The van der Waals surface area contributed by atoms with Crippen LogP contribution in [0.3, 0.4) is 0 Å². The summed E-state index contributed by atoms with van der Waals surface area (Å²) in [5.74, 6) is 1.44. The zero-order chi connectivity index (χ0) is 13.3. The van der Waals surface area contributed by atoms with E-state index in [0.717, 1.165) is 51.7 Å². The van der Waals surface area contributed by atoms with Crippen molar-refractivity contribution in [1.82, 2.24) is 10.6 Å². The van der Waals surface area contributed by atoms with Gasteiger partial charge in [-0.1, -0.05) is 6.42 Å². The Bertz CT molecular complexity index is 339. The third-order valence-corrected chi connectivity index (χ3v) is 5.70. The maximum atomic E-state index is 12.2. The summed E-state index contributed by atoms with van der Waals surface area (Å²) in [5, 5.41) is 15.8. The van der Waals surface area contributed by atoms with E-state index in [4.69, 9.17) is 0 Å². The second kappa shape index (κ2) is 5.41. The second-order valence-corrected chi connectivity index (χ2v) is 6.75. The van der Waals surface area contributed by atoms with E-state index >= 15 is 0 Å². The Morgan fingerprint density at radius 1 is 1.26 bits per heavy atom. The molecule has 1 saturated heterocycles. The summed E-state index contributed by atoms with van der Waals surface area (Å²) in [4.78, 5) is 12.2. The van der Waals surface area contributed by atoms with Gasteiger partial charge >= 0.3 is 0 Å². The Hall–Kier alpha value is -0.610. The van der Waals surface area contributed by atoms with Crippen LogP contribution >= 0.6 is 0 Å². The first-order chi connectivity index (χ1) is 9.25. The molecule has 3 rings (SSSR count). The van der Waals surface area contributed by atoms with Crippen LogP contribution in [0.25, 0.3) is 0 Å². The summed E-state index contributed by atoms with van der Waals surface area (Å²) < 4.78 is 0. The highest BCUT2D eigenvalue weighted by Gasteiger charge is 2.57. The molecule has 1 spiro atoms. The van der Waals surface area contributed by atoms with Crippen molar-refractivity contribution in [2.75, 3.05) is 26.2 Å². The maximum absolute atomic E-state index is 12.2. The SMILES string of the molecule is O=C(NCC1CCCC1CO)C1CC12CCNCC2. The molecule has 2 aliphatic carbocycles. The van der Waals surface area contributed by atoms with Crippen molar-refractivity contribution < 1.29 is 9.90 Å². The largest absolute Gasteiger partial charge is 0.396 e. The van der Waals surface area contributed by atoms with Crippen molar-refractivity contribution in [3.05, 3.63) is 0 Å². The van der Waals surface area contributed by atoms with Gasteiger partial charge in [0.15, 0.2) is 0 Å². The fourth-order valence-corrected chi connectivity index (χ4v) is 4.17. The second-order valence-electron chi connectivity index (χ2n) is 6.75. The van der Waals surface area contributed by atoms with Crippen LogP contribution in [0.5, 0.6) is 0 Å². The molecule has 108 valence electrons. The van der Waals surface area contributed by atoms with E-state index in [1.807, 2.05) is 0 Å². The van der Waals surface area contributed by atoms with Crippen molar-refractivity contribution in [2.45, 2.75) is 38.5 Å². The first-order valence-electron chi connectivity index (χ1n) is 7.84. The van der Waals surface area contributed by atoms with E-state index in [-0.39, 0.29) is 18.4 Å². The van der Waals surface area contributed by atoms with E-state index < -0.39 is 0 Å². The Balaban J connectivity index is 1.45. The van der Waals surface area contributed by atoms with Gasteiger partial charge in [0, 0.05) is 19.1 Å². The molecule has 0 aromatic rings. The lowest BCUT2D eigenvalue weighted by molar-refractivity contribution is -0.123. The summed E-state index contributed by atoms with van der Waals surface area (Å²) in [6.45, 7) is 3.19. The van der Waals surface area contributed by atoms with Crippen LogP contribution in [0.1, 0.15) is 38.5 Å². The van der Waals surface area contributed by atoms with E-state index in [9.17, 15) is 9.90 Å². The summed E-state index contributed by atoms with van der Waals surface area (Å²) in [5.41, 5.74) is 0.335. The van der Waals surface area contributed by atoms with Crippen LogP contribution in [-0.2, 0) is 4.79 Å². The standard InChI is InChI=1S/C15H26N2O2/c18-10-12-3-1-2-11(12)9-17-14(19)13-8-15(13)4-6-16-7-5-15/h11-13,16,18H,1-10H2,(H,17,19). The minimum Gasteiger partial charge on any atom is -0.396 e. The van der Waals surface area contributed by atoms with Gasteiger partial charge in [-0.15, -0.1) is 0 Å². The molecule has 1 heterocycles. The molecule has 4 nitrogen and oxygen atoms in total. The minimum absolute atomic E-state index is 0.267. The average Bonchev–Trinajstić information content (AvgIpc) is 2.94. The molecule has 0 aromatic heterocycles. The van der Waals surface area contributed by atoms with Crippen LogP contribution in [0.15, 0.2) is 0 Å². The maximum Gasteiger partial charge on any atom is 0.223 e. The molecule has 1 aliphatic heterocycles. The number of rotatable bonds is 4. The lowest BCUT2D eigenvalue weighted by Gasteiger charge is -2.23. The summed E-state index contributed by atoms with van der Waals surface area (Å²) >= 11 is 0. The number of carbonyl (C=O) groups excluding carboxylic acids is 1. The van der Waals surface area contributed by atoms with Gasteiger partial charge in [-0.05, 0) is 62.4 Å². The third-order valence-electron chi connectivity index (χ3n) is 5.70. The molecule has 1 amide bonds. The monoisotopic (exact) mass is 266 g/mol. The number of aliphatic hydroxyl groups excluding tert-OH is 1. The van der Waals surface area contributed by atoms with Gasteiger partial charge in [-0.25, -0.2) is 0 Å². The molecule has 3 aliphatic rings. The van der Waals surface area contributed by atoms with Gasteiger partial charge in [0.05, 0.1) is 0 Å². The molecule has 3 fully saturated rings. The topological polar surface area (TPSA) is 61.4 Å². The van der Waals surface area contributed by atoms with Crippen molar-refractivity contribution >= 4 is 5.91 Å². The normalized spacial score (nSPS) is 36.4. The van der Waals surface area contributed by atoms with Gasteiger partial charge in [0.1, 0.15) is 0 Å². The van der Waals surface area contributed by atoms with Crippen LogP contribution in [0.2, 0.25) is 0 Å². The molecule has 19 heavy (non-hydrogen) atoms. The van der Waals surface area contributed by atoms with Gasteiger partial charge < -0.3 is 15.7 Å². The Labute approximate surface area is 115 Å². The average molecular weight is 266 g/mol. The number of carbonyl (C=O) groups is 1. The smallest absolute Gasteiger partial charge is 0.223 e. The molecule has 4 heteroatoms.